The Balaban J connectivity index is 2.19. The molecule has 2 aromatic rings. The molecule has 0 aromatic heterocycles. The number of nitrogens with one attached hydrogen (secondary N) is 1. The van der Waals surface area contributed by atoms with Crippen LogP contribution in [0.2, 0.25) is 0 Å². The van der Waals surface area contributed by atoms with Crippen LogP contribution in [0, 0.1) is 0 Å². The van der Waals surface area contributed by atoms with Crippen LogP contribution in [0.4, 0.5) is 11.4 Å². The molecule has 1 amide bonds. The molecule has 0 atom stereocenters. The maximum atomic E-state index is 12.1. The minimum Gasteiger partial charge on any atom is -0.478 e. The molecule has 5 nitrogen and oxygen atoms in total. The fourth-order valence-corrected chi connectivity index (χ4v) is 1.98. The molecule has 4 N–H and O–H groups in total. The highest BCUT2D eigenvalue weighted by Gasteiger charge is 2.11. The van der Waals surface area contributed by atoms with Crippen molar-refractivity contribution in [2.75, 3.05) is 11.1 Å². The number of amides is 1. The van der Waals surface area contributed by atoms with E-state index in [4.69, 9.17) is 10.8 Å². The van der Waals surface area contributed by atoms with Crippen LogP contribution in [-0.2, 0) is 0 Å². The Bertz CT molecular complexity index is 669. The summed E-state index contributed by atoms with van der Waals surface area (Å²) in [6.45, 7) is 0. The van der Waals surface area contributed by atoms with Crippen LogP contribution in [0.1, 0.15) is 20.7 Å². The third kappa shape index (κ3) is 3.16. The molecule has 0 saturated carbocycles. The lowest BCUT2D eigenvalue weighted by atomic mass is 10.1. The van der Waals surface area contributed by atoms with E-state index in [1.165, 1.54) is 24.3 Å². The van der Waals surface area contributed by atoms with E-state index < -0.39 is 5.97 Å². The number of rotatable bonds is 3. The Morgan fingerprint density at radius 2 is 1.75 bits per heavy atom. The molecule has 2 aromatic carbocycles. The normalized spacial score (nSPS) is 10.1. The number of halogens is 1. The SMILES string of the molecule is Nc1ccc(Br)cc1C(=O)Nc1ccc(C(=O)O)cc1. The predicted molar refractivity (Wildman–Crippen MR) is 79.9 cm³/mol. The van der Waals surface area contributed by atoms with Crippen molar-refractivity contribution >= 4 is 39.2 Å². The van der Waals surface area contributed by atoms with E-state index in [2.05, 4.69) is 21.2 Å². The molecule has 20 heavy (non-hydrogen) atoms. The number of anilines is 2. The zero-order valence-electron chi connectivity index (χ0n) is 10.3. The van der Waals surface area contributed by atoms with Crippen LogP contribution in [0.5, 0.6) is 0 Å². The Hall–Kier alpha value is -2.34. The van der Waals surface area contributed by atoms with Crippen molar-refractivity contribution < 1.29 is 14.7 Å². The number of aromatic carboxylic acids is 1. The minimum atomic E-state index is -1.01. The minimum absolute atomic E-state index is 0.157. The van der Waals surface area contributed by atoms with Gasteiger partial charge in [-0.1, -0.05) is 15.9 Å². The summed E-state index contributed by atoms with van der Waals surface area (Å²) < 4.78 is 0.748. The summed E-state index contributed by atoms with van der Waals surface area (Å²) in [5.74, 6) is -1.37. The van der Waals surface area contributed by atoms with Crippen LogP contribution < -0.4 is 11.1 Å². The Morgan fingerprint density at radius 1 is 1.10 bits per heavy atom. The van der Waals surface area contributed by atoms with Gasteiger partial charge in [0.2, 0.25) is 0 Å². The van der Waals surface area contributed by atoms with Gasteiger partial charge in [0.15, 0.2) is 0 Å². The van der Waals surface area contributed by atoms with Gasteiger partial charge in [-0.15, -0.1) is 0 Å². The summed E-state index contributed by atoms with van der Waals surface area (Å²) in [4.78, 5) is 22.8. The molecule has 102 valence electrons. The van der Waals surface area contributed by atoms with Crippen molar-refractivity contribution in [2.24, 2.45) is 0 Å². The number of hydrogen-bond acceptors (Lipinski definition) is 3. The molecular weight excluding hydrogens is 324 g/mol. The number of benzene rings is 2. The van der Waals surface area contributed by atoms with Crippen molar-refractivity contribution in [3.05, 3.63) is 58.1 Å². The van der Waals surface area contributed by atoms with Gasteiger partial charge in [0.25, 0.3) is 5.91 Å². The van der Waals surface area contributed by atoms with Gasteiger partial charge in [-0.2, -0.15) is 0 Å². The number of carboxylic acids is 1. The standard InChI is InChI=1S/C14H11BrN2O3/c15-9-3-6-12(16)11(7-9)13(18)17-10-4-1-8(2-5-10)14(19)20/h1-7H,16H2,(H,17,18)(H,19,20). The van der Waals surface area contributed by atoms with Crippen LogP contribution in [0.3, 0.4) is 0 Å². The molecule has 0 bridgehead atoms. The number of nitrogen functional groups attached to an aromatic ring is 1. The van der Waals surface area contributed by atoms with E-state index in [1.807, 2.05) is 0 Å². The lowest BCUT2D eigenvalue weighted by Gasteiger charge is -2.08. The second-order valence-corrected chi connectivity index (χ2v) is 4.98. The summed E-state index contributed by atoms with van der Waals surface area (Å²) >= 11 is 3.27. The first kappa shape index (κ1) is 14.1. The van der Waals surface area contributed by atoms with Crippen LogP contribution in [0.15, 0.2) is 46.9 Å². The molecule has 0 aliphatic rings. The van der Waals surface area contributed by atoms with Crippen molar-refractivity contribution in [1.29, 1.82) is 0 Å². The van der Waals surface area contributed by atoms with Crippen molar-refractivity contribution in [2.45, 2.75) is 0 Å². The summed E-state index contributed by atoms with van der Waals surface area (Å²) in [6, 6.07) is 10.9. The Kier molecular flexibility index (Phi) is 4.05. The first-order valence-corrected chi connectivity index (χ1v) is 6.46. The number of carbonyl (C=O) groups is 2. The number of carbonyl (C=O) groups excluding carboxylic acids is 1. The molecule has 0 unspecified atom stereocenters. The highest BCUT2D eigenvalue weighted by atomic mass is 79.9. The quantitative estimate of drug-likeness (QED) is 0.752. The predicted octanol–water partition coefficient (Wildman–Crippen LogP) is 2.98. The van der Waals surface area contributed by atoms with Crippen molar-refractivity contribution in [3.8, 4) is 0 Å². The molecule has 0 aliphatic heterocycles. The van der Waals surface area contributed by atoms with E-state index in [9.17, 15) is 9.59 Å². The topological polar surface area (TPSA) is 92.4 Å². The molecule has 0 fully saturated rings. The smallest absolute Gasteiger partial charge is 0.335 e. The monoisotopic (exact) mass is 334 g/mol. The number of carboxylic acid groups (broad SMARTS) is 1. The Labute approximate surface area is 123 Å². The van der Waals surface area contributed by atoms with Crippen LogP contribution in [-0.4, -0.2) is 17.0 Å². The summed E-state index contributed by atoms with van der Waals surface area (Å²) in [6.07, 6.45) is 0. The third-order valence-electron chi connectivity index (χ3n) is 2.65. The highest BCUT2D eigenvalue weighted by molar-refractivity contribution is 9.10. The van der Waals surface area contributed by atoms with Gasteiger partial charge in [-0.05, 0) is 42.5 Å². The first-order chi connectivity index (χ1) is 9.47. The Morgan fingerprint density at radius 3 is 2.35 bits per heavy atom. The lowest BCUT2D eigenvalue weighted by molar-refractivity contribution is 0.0696. The first-order valence-electron chi connectivity index (χ1n) is 5.67. The fraction of sp³-hybridized carbons (Fsp3) is 0. The second-order valence-electron chi connectivity index (χ2n) is 4.07. The van der Waals surface area contributed by atoms with Crippen LogP contribution >= 0.6 is 15.9 Å². The molecule has 0 aliphatic carbocycles. The number of nitrogens with two attached hydrogens (primary N) is 1. The third-order valence-corrected chi connectivity index (χ3v) is 3.14. The summed E-state index contributed by atoms with van der Waals surface area (Å²) in [5, 5.41) is 11.5. The zero-order chi connectivity index (χ0) is 14.7. The summed E-state index contributed by atoms with van der Waals surface area (Å²) in [7, 11) is 0. The molecule has 0 spiro atoms. The van der Waals surface area contributed by atoms with Gasteiger partial charge >= 0.3 is 5.97 Å². The maximum absolute atomic E-state index is 12.1. The molecule has 2 rings (SSSR count). The van der Waals surface area contributed by atoms with Gasteiger partial charge in [0.1, 0.15) is 0 Å². The van der Waals surface area contributed by atoms with Gasteiger partial charge in [0.05, 0.1) is 11.1 Å². The fourth-order valence-electron chi connectivity index (χ4n) is 1.62. The van der Waals surface area contributed by atoms with Crippen LogP contribution in [0.25, 0.3) is 0 Å². The largest absolute Gasteiger partial charge is 0.478 e. The molecule has 6 heteroatoms. The molecule has 0 heterocycles. The van der Waals surface area contributed by atoms with Gasteiger partial charge < -0.3 is 16.2 Å². The van der Waals surface area contributed by atoms with E-state index in [-0.39, 0.29) is 11.5 Å². The van der Waals surface area contributed by atoms with Crippen molar-refractivity contribution in [1.82, 2.24) is 0 Å². The van der Waals surface area contributed by atoms with E-state index in [0.29, 0.717) is 16.9 Å². The van der Waals surface area contributed by atoms with E-state index in [1.54, 1.807) is 18.2 Å². The molecule has 0 saturated heterocycles. The van der Waals surface area contributed by atoms with E-state index >= 15 is 0 Å². The lowest BCUT2D eigenvalue weighted by Crippen LogP contribution is -2.14. The highest BCUT2D eigenvalue weighted by Crippen LogP contribution is 2.20. The van der Waals surface area contributed by atoms with Crippen molar-refractivity contribution in [3.63, 3.8) is 0 Å². The van der Waals surface area contributed by atoms with Gasteiger partial charge in [-0.3, -0.25) is 4.79 Å². The zero-order valence-corrected chi connectivity index (χ0v) is 11.8. The van der Waals surface area contributed by atoms with Gasteiger partial charge in [0, 0.05) is 15.8 Å². The van der Waals surface area contributed by atoms with E-state index in [0.717, 1.165) is 4.47 Å². The average molecular weight is 335 g/mol. The molecular formula is C14H11BrN2O3. The average Bonchev–Trinajstić information content (AvgIpc) is 2.42. The summed E-state index contributed by atoms with van der Waals surface area (Å²) in [5.41, 5.74) is 7.12. The van der Waals surface area contributed by atoms with Gasteiger partial charge in [-0.25, -0.2) is 4.79 Å². The molecule has 0 radical (unpaired) electrons. The second kappa shape index (κ2) is 5.75. The maximum Gasteiger partial charge on any atom is 0.335 e. The number of hydrogen-bond donors (Lipinski definition) is 3.